The average Bonchev–Trinajstić information content (AvgIpc) is 3.95. The van der Waals surface area contributed by atoms with Crippen molar-refractivity contribution in [3.8, 4) is 67.5 Å². The molecular formula is C70H77HfN2O4-3. The van der Waals surface area contributed by atoms with E-state index in [2.05, 4.69) is 168 Å². The molecule has 0 saturated heterocycles. The largest absolute Gasteiger partial charge is 0.623 e. The second-order valence-corrected chi connectivity index (χ2v) is 24.3. The number of para-hydroxylation sites is 2. The van der Waals surface area contributed by atoms with Gasteiger partial charge in [-0.3, -0.25) is 0 Å². The maximum absolute atomic E-state index is 12.0. The Morgan fingerprint density at radius 1 is 0.429 bits per heavy atom. The third-order valence-corrected chi connectivity index (χ3v) is 14.6. The number of phenolic OH excluding ortho intramolecular Hbond substituents is 2. The number of ether oxygens (including phenoxy) is 2. The van der Waals surface area contributed by atoms with Crippen molar-refractivity contribution in [3.05, 3.63) is 189 Å². The average molecular weight is 1190 g/mol. The molecule has 398 valence electrons. The summed E-state index contributed by atoms with van der Waals surface area (Å²) in [5.74, 6) is 1.61. The Kier molecular flexibility index (Phi) is 16.9. The van der Waals surface area contributed by atoms with Gasteiger partial charge in [0.05, 0.1) is 22.5 Å². The molecule has 0 unspecified atom stereocenters. The Morgan fingerprint density at radius 3 is 1.08 bits per heavy atom. The number of hydrogen-bond donors (Lipinski definition) is 4. The number of rotatable bonds is 9. The summed E-state index contributed by atoms with van der Waals surface area (Å²) in [7, 11) is 0. The molecule has 2 aromatic heterocycles. The van der Waals surface area contributed by atoms with Gasteiger partial charge in [0.2, 0.25) is 0 Å². The van der Waals surface area contributed by atoms with Crippen LogP contribution in [-0.4, -0.2) is 20.2 Å². The van der Waals surface area contributed by atoms with Crippen molar-refractivity contribution in [3.63, 3.8) is 0 Å². The van der Waals surface area contributed by atoms with Crippen molar-refractivity contribution in [2.24, 2.45) is 0 Å². The van der Waals surface area contributed by atoms with Crippen LogP contribution in [0, 0.1) is 21.1 Å². The van der Waals surface area contributed by atoms with Crippen LogP contribution in [0.1, 0.15) is 125 Å². The molecule has 0 radical (unpaired) electrons. The van der Waals surface area contributed by atoms with Crippen LogP contribution in [-0.2, 0) is 47.5 Å². The zero-order valence-corrected chi connectivity index (χ0v) is 51.4. The van der Waals surface area contributed by atoms with Crippen LogP contribution in [0.3, 0.4) is 0 Å². The van der Waals surface area contributed by atoms with Crippen LogP contribution < -0.4 is 9.47 Å². The van der Waals surface area contributed by atoms with Gasteiger partial charge < -0.3 is 44.0 Å². The molecule has 6 nitrogen and oxygen atoms in total. The van der Waals surface area contributed by atoms with E-state index in [4.69, 9.17) is 9.47 Å². The van der Waals surface area contributed by atoms with Crippen LogP contribution in [0.5, 0.6) is 23.0 Å². The summed E-state index contributed by atoms with van der Waals surface area (Å²) in [6.07, 6.45) is 2.28. The molecule has 0 atom stereocenters. The fourth-order valence-corrected chi connectivity index (χ4v) is 9.77. The van der Waals surface area contributed by atoms with Crippen molar-refractivity contribution in [1.29, 1.82) is 0 Å². The molecule has 10 aromatic rings. The summed E-state index contributed by atoms with van der Waals surface area (Å²) >= 11 is 0. The molecule has 0 spiro atoms. The topological polar surface area (TPSA) is 90.5 Å². The molecule has 0 bridgehead atoms. The van der Waals surface area contributed by atoms with E-state index in [-0.39, 0.29) is 66.4 Å². The van der Waals surface area contributed by atoms with Gasteiger partial charge in [-0.1, -0.05) is 169 Å². The van der Waals surface area contributed by atoms with E-state index in [0.717, 1.165) is 83.8 Å². The van der Waals surface area contributed by atoms with E-state index in [1.807, 2.05) is 84.9 Å². The van der Waals surface area contributed by atoms with E-state index in [1.165, 1.54) is 46.2 Å². The fourth-order valence-electron chi connectivity index (χ4n) is 9.77. The Bertz CT molecular complexity index is 3460. The molecule has 0 aliphatic rings. The van der Waals surface area contributed by atoms with E-state index >= 15 is 0 Å². The minimum atomic E-state index is -0.108. The van der Waals surface area contributed by atoms with Gasteiger partial charge in [0, 0.05) is 98.6 Å². The van der Waals surface area contributed by atoms with Crippen molar-refractivity contribution in [1.82, 2.24) is 9.97 Å². The van der Waals surface area contributed by atoms with Gasteiger partial charge in [-0.05, 0) is 128 Å². The van der Waals surface area contributed by atoms with E-state index in [0.29, 0.717) is 11.5 Å². The SMILES string of the molecule is CC(C)(C)c1ccc2[nH]c3c(-c4cccc(-c5ccc(O[CH-]Oc6ccc(-c7cccc(-c8cc(C(C)(C)C)cc9c8[nH]c8ccc(C(C)(C)C)cc89)c7O)cc6)cc5)c4O)cc(C(C)(C)C)cc3c2c1.[CH2-]CCC.[CH3-].[Hf]. The number of unbranched alkanes of at least 4 members (excludes halogenated alkanes) is 1. The molecular weight excluding hydrogens is 1110 g/mol. The first-order valence-electron chi connectivity index (χ1n) is 26.5. The van der Waals surface area contributed by atoms with Crippen molar-refractivity contribution < 1.29 is 45.5 Å². The molecule has 2 heterocycles. The molecule has 0 aliphatic heterocycles. The molecule has 10 rings (SSSR count). The summed E-state index contributed by atoms with van der Waals surface area (Å²) < 4.78 is 11.9. The van der Waals surface area contributed by atoms with E-state index < -0.39 is 0 Å². The molecule has 4 N–H and O–H groups in total. The van der Waals surface area contributed by atoms with E-state index in [9.17, 15) is 10.2 Å². The van der Waals surface area contributed by atoms with Crippen LogP contribution in [0.15, 0.2) is 146 Å². The van der Waals surface area contributed by atoms with E-state index in [1.54, 1.807) is 0 Å². The molecule has 8 aromatic carbocycles. The summed E-state index contributed by atoms with van der Waals surface area (Å²) in [5, 5.41) is 28.7. The number of nitrogens with one attached hydrogen (secondary N) is 2. The molecule has 0 aliphatic carbocycles. The quantitative estimate of drug-likeness (QED) is 0.0856. The minimum Gasteiger partial charge on any atom is -0.623 e. The molecule has 77 heavy (non-hydrogen) atoms. The summed E-state index contributed by atoms with van der Waals surface area (Å²) in [6, 6.07) is 49.6. The Labute approximate surface area is 477 Å². The number of phenols is 2. The van der Waals surface area contributed by atoms with Gasteiger partial charge >= 0.3 is 0 Å². The second kappa shape index (κ2) is 22.4. The molecule has 7 heteroatoms. The monoisotopic (exact) mass is 1190 g/mol. The maximum atomic E-state index is 12.0. The fraction of sp³-hybridized carbons (Fsp3) is 0.271. The standard InChI is InChI=1S/C65H65N2O4.C4H9.CH3.Hf/c1-62(2,3)40-23-29-56-50(31-40)54-35-42(64(7,8)9)33-52(58(54)66-56)48-17-13-15-46(60(48)68)38-19-25-44(26-20-38)70-37-71-45-27-21-39(22-28-45)47-16-14-18-49(61(47)69)53-34-43(65(10,11)12)36-55-51-32-41(63(4,5)6)24-30-57(51)67-59(53)55;1-3-4-2;;/h13-37,66-69H,1-12H3;1,3-4H2,2H3;1H3;/q3*-1;. The van der Waals surface area contributed by atoms with Crippen LogP contribution in [0.2, 0.25) is 0 Å². The van der Waals surface area contributed by atoms with Crippen molar-refractivity contribution in [2.45, 2.75) is 125 Å². The third kappa shape index (κ3) is 12.0. The van der Waals surface area contributed by atoms with Crippen molar-refractivity contribution in [2.75, 3.05) is 0 Å². The predicted molar refractivity (Wildman–Crippen MR) is 324 cm³/mol. The van der Waals surface area contributed by atoms with Gasteiger partial charge in [-0.25, -0.2) is 0 Å². The smallest absolute Gasteiger partial charge is 0.131 e. The number of hydrogen-bond acceptors (Lipinski definition) is 4. The number of benzene rings is 8. The normalized spacial score (nSPS) is 12.1. The number of aromatic hydroxyl groups is 2. The summed E-state index contributed by atoms with van der Waals surface area (Å²) in [5.41, 5.74) is 15.6. The third-order valence-electron chi connectivity index (χ3n) is 14.6. The Balaban J connectivity index is 0.00000139. The first-order chi connectivity index (χ1) is 35.4. The maximum Gasteiger partial charge on any atom is 0.131 e. The molecule has 0 amide bonds. The Hall–Kier alpha value is -6.57. The molecule has 0 saturated carbocycles. The second-order valence-electron chi connectivity index (χ2n) is 24.3. The minimum absolute atomic E-state index is 0. The van der Waals surface area contributed by atoms with Crippen LogP contribution in [0.25, 0.3) is 88.1 Å². The van der Waals surface area contributed by atoms with Crippen LogP contribution in [0.4, 0.5) is 0 Å². The predicted octanol–water partition coefficient (Wildman–Crippen LogP) is 19.9. The number of aromatic nitrogens is 2. The first kappa shape index (κ1) is 58.1. The number of fused-ring (bicyclic) bond motifs is 6. The van der Waals surface area contributed by atoms with Crippen LogP contribution >= 0.6 is 0 Å². The summed E-state index contributed by atoms with van der Waals surface area (Å²) in [4.78, 5) is 7.42. The first-order valence-corrected chi connectivity index (χ1v) is 26.5. The summed E-state index contributed by atoms with van der Waals surface area (Å²) in [6.45, 7) is 33.9. The Morgan fingerprint density at radius 2 is 0.753 bits per heavy atom. The number of aromatic amines is 2. The molecule has 0 fully saturated rings. The van der Waals surface area contributed by atoms with Gasteiger partial charge in [-0.15, -0.1) is 0 Å². The van der Waals surface area contributed by atoms with Gasteiger partial charge in [-0.2, -0.15) is 6.42 Å². The zero-order chi connectivity index (χ0) is 53.8. The van der Waals surface area contributed by atoms with Crippen molar-refractivity contribution >= 4 is 43.6 Å². The number of H-pyrrole nitrogens is 2. The van der Waals surface area contributed by atoms with Gasteiger partial charge in [0.15, 0.2) is 0 Å². The zero-order valence-electron chi connectivity index (χ0n) is 47.8. The van der Waals surface area contributed by atoms with Gasteiger partial charge in [0.25, 0.3) is 0 Å². The van der Waals surface area contributed by atoms with Gasteiger partial charge in [0.1, 0.15) is 11.5 Å².